The molecule has 2 amide bonds. The van der Waals surface area contributed by atoms with Gasteiger partial charge >= 0.3 is 0 Å². The Labute approximate surface area is 118 Å². The Kier molecular flexibility index (Phi) is 5.25. The zero-order valence-electron chi connectivity index (χ0n) is 12.3. The first-order valence-corrected chi connectivity index (χ1v) is 6.54. The Morgan fingerprint density at radius 2 is 1.90 bits per heavy atom. The molecule has 0 aromatic heterocycles. The van der Waals surface area contributed by atoms with E-state index in [1.165, 1.54) is 18.2 Å². The smallest absolute Gasteiger partial charge is 0.251 e. The van der Waals surface area contributed by atoms with Gasteiger partial charge in [-0.2, -0.15) is 0 Å². The van der Waals surface area contributed by atoms with Crippen LogP contribution < -0.4 is 10.6 Å². The summed E-state index contributed by atoms with van der Waals surface area (Å²) in [6.45, 7) is 7.53. The maximum atomic E-state index is 13.1. The van der Waals surface area contributed by atoms with Gasteiger partial charge in [0.15, 0.2) is 0 Å². The van der Waals surface area contributed by atoms with Gasteiger partial charge < -0.3 is 10.6 Å². The normalized spacial score (nSPS) is 11.1. The van der Waals surface area contributed by atoms with Crippen LogP contribution in [-0.4, -0.2) is 23.9 Å². The number of rotatable bonds is 4. The van der Waals surface area contributed by atoms with Crippen molar-refractivity contribution in [1.82, 2.24) is 10.6 Å². The van der Waals surface area contributed by atoms with Gasteiger partial charge in [-0.15, -0.1) is 0 Å². The number of nitrogens with one attached hydrogen (secondary N) is 2. The number of hydrogen-bond acceptors (Lipinski definition) is 2. The van der Waals surface area contributed by atoms with Crippen molar-refractivity contribution < 1.29 is 14.0 Å². The maximum absolute atomic E-state index is 13.1. The lowest BCUT2D eigenvalue weighted by atomic mass is 10.1. The van der Waals surface area contributed by atoms with Gasteiger partial charge in [0.25, 0.3) is 5.91 Å². The molecule has 4 nitrogen and oxygen atoms in total. The topological polar surface area (TPSA) is 58.2 Å². The third-order valence-electron chi connectivity index (χ3n) is 2.57. The van der Waals surface area contributed by atoms with Crippen LogP contribution in [0.25, 0.3) is 0 Å². The molecule has 1 aromatic rings. The molecule has 0 heterocycles. The lowest BCUT2D eigenvalue weighted by molar-refractivity contribution is -0.122. The molecule has 0 aliphatic heterocycles. The molecule has 0 aliphatic carbocycles. The highest BCUT2D eigenvalue weighted by Crippen LogP contribution is 2.09. The van der Waals surface area contributed by atoms with Gasteiger partial charge in [0.2, 0.25) is 5.91 Å². The van der Waals surface area contributed by atoms with Crippen LogP contribution in [0.4, 0.5) is 4.39 Å². The summed E-state index contributed by atoms with van der Waals surface area (Å²) in [5, 5.41) is 5.45. The van der Waals surface area contributed by atoms with Gasteiger partial charge in [-0.3, -0.25) is 9.59 Å². The summed E-state index contributed by atoms with van der Waals surface area (Å²) < 4.78 is 13.1. The fourth-order valence-corrected chi connectivity index (χ4v) is 1.66. The van der Waals surface area contributed by atoms with Gasteiger partial charge in [-0.1, -0.05) is 0 Å². The standard InChI is InChI=1S/C15H21FN2O2/c1-10-9-11(5-6-12(10)16)14(20)17-8-7-13(19)18-15(2,3)4/h5-6,9H,7-8H2,1-4H3,(H,17,20)(H,18,19). The fraction of sp³-hybridized carbons (Fsp3) is 0.467. The summed E-state index contributed by atoms with van der Waals surface area (Å²) in [4.78, 5) is 23.4. The SMILES string of the molecule is Cc1cc(C(=O)NCCC(=O)NC(C)(C)C)ccc1F. The van der Waals surface area contributed by atoms with E-state index in [0.717, 1.165) is 0 Å². The number of benzene rings is 1. The second-order valence-corrected chi connectivity index (χ2v) is 5.77. The molecule has 0 saturated heterocycles. The van der Waals surface area contributed by atoms with Crippen molar-refractivity contribution in [2.24, 2.45) is 0 Å². The van der Waals surface area contributed by atoms with E-state index in [-0.39, 0.29) is 36.1 Å². The molecule has 1 rings (SSSR count). The minimum atomic E-state index is -0.342. The number of aryl methyl sites for hydroxylation is 1. The first kappa shape index (κ1) is 16.1. The van der Waals surface area contributed by atoms with E-state index in [4.69, 9.17) is 0 Å². The van der Waals surface area contributed by atoms with Crippen LogP contribution in [0.15, 0.2) is 18.2 Å². The number of carbonyl (C=O) groups excluding carboxylic acids is 2. The number of amides is 2. The van der Waals surface area contributed by atoms with Crippen molar-refractivity contribution in [3.05, 3.63) is 35.1 Å². The van der Waals surface area contributed by atoms with Crippen molar-refractivity contribution in [3.63, 3.8) is 0 Å². The molecule has 0 bridgehead atoms. The van der Waals surface area contributed by atoms with Crippen LogP contribution in [0.2, 0.25) is 0 Å². The second kappa shape index (κ2) is 6.50. The molecule has 0 radical (unpaired) electrons. The van der Waals surface area contributed by atoms with E-state index in [0.29, 0.717) is 11.1 Å². The summed E-state index contributed by atoms with van der Waals surface area (Å²) in [5.74, 6) is -0.768. The van der Waals surface area contributed by atoms with E-state index in [1.54, 1.807) is 6.92 Å². The van der Waals surface area contributed by atoms with Crippen molar-refractivity contribution in [1.29, 1.82) is 0 Å². The van der Waals surface area contributed by atoms with Gasteiger partial charge in [-0.05, 0) is 51.5 Å². The first-order valence-electron chi connectivity index (χ1n) is 6.54. The highest BCUT2D eigenvalue weighted by Gasteiger charge is 2.14. The van der Waals surface area contributed by atoms with Crippen molar-refractivity contribution in [2.75, 3.05) is 6.54 Å². The molecule has 0 fully saturated rings. The quantitative estimate of drug-likeness (QED) is 0.888. The zero-order chi connectivity index (χ0) is 15.3. The predicted octanol–water partition coefficient (Wildman–Crippen LogP) is 2.17. The zero-order valence-corrected chi connectivity index (χ0v) is 12.3. The van der Waals surface area contributed by atoms with Crippen molar-refractivity contribution in [2.45, 2.75) is 39.7 Å². The monoisotopic (exact) mass is 280 g/mol. The minimum Gasteiger partial charge on any atom is -0.352 e. The predicted molar refractivity (Wildman–Crippen MR) is 76.0 cm³/mol. The molecule has 5 heteroatoms. The number of carbonyl (C=O) groups is 2. The van der Waals surface area contributed by atoms with E-state index < -0.39 is 0 Å². The Morgan fingerprint density at radius 3 is 2.45 bits per heavy atom. The average molecular weight is 280 g/mol. The van der Waals surface area contributed by atoms with E-state index in [1.807, 2.05) is 20.8 Å². The molecule has 2 N–H and O–H groups in total. The Morgan fingerprint density at radius 1 is 1.25 bits per heavy atom. The Balaban J connectivity index is 2.44. The van der Waals surface area contributed by atoms with E-state index >= 15 is 0 Å². The lowest BCUT2D eigenvalue weighted by Gasteiger charge is -2.20. The highest BCUT2D eigenvalue weighted by molar-refractivity contribution is 5.94. The van der Waals surface area contributed by atoms with Gasteiger partial charge in [0.05, 0.1) is 0 Å². The first-order chi connectivity index (χ1) is 9.19. The molecule has 0 spiro atoms. The van der Waals surface area contributed by atoms with Crippen LogP contribution in [-0.2, 0) is 4.79 Å². The van der Waals surface area contributed by atoms with Crippen molar-refractivity contribution in [3.8, 4) is 0 Å². The van der Waals surface area contributed by atoms with Gasteiger partial charge in [0.1, 0.15) is 5.82 Å². The van der Waals surface area contributed by atoms with Gasteiger partial charge in [-0.25, -0.2) is 4.39 Å². The van der Waals surface area contributed by atoms with E-state index in [9.17, 15) is 14.0 Å². The molecular weight excluding hydrogens is 259 g/mol. The second-order valence-electron chi connectivity index (χ2n) is 5.77. The molecular formula is C15H21FN2O2. The summed E-state index contributed by atoms with van der Waals surface area (Å²) >= 11 is 0. The van der Waals surface area contributed by atoms with Crippen LogP contribution in [0, 0.1) is 12.7 Å². The minimum absolute atomic E-state index is 0.118. The summed E-state index contributed by atoms with van der Waals surface area (Å²) in [6, 6.07) is 4.17. The maximum Gasteiger partial charge on any atom is 0.251 e. The molecule has 1 aromatic carbocycles. The summed E-state index contributed by atoms with van der Waals surface area (Å²) in [7, 11) is 0. The third-order valence-corrected chi connectivity index (χ3v) is 2.57. The lowest BCUT2D eigenvalue weighted by Crippen LogP contribution is -2.42. The Bertz CT molecular complexity index is 507. The van der Waals surface area contributed by atoms with Crippen molar-refractivity contribution >= 4 is 11.8 Å². The summed E-state index contributed by atoms with van der Waals surface area (Å²) in [5.41, 5.74) is 0.526. The third kappa shape index (κ3) is 5.38. The molecule has 0 unspecified atom stereocenters. The van der Waals surface area contributed by atoms with Crippen LogP contribution >= 0.6 is 0 Å². The summed E-state index contributed by atoms with van der Waals surface area (Å²) in [6.07, 6.45) is 0.211. The van der Waals surface area contributed by atoms with E-state index in [2.05, 4.69) is 10.6 Å². The van der Waals surface area contributed by atoms with Gasteiger partial charge in [0, 0.05) is 24.1 Å². The molecule has 0 saturated carbocycles. The van der Waals surface area contributed by atoms with Crippen LogP contribution in [0.5, 0.6) is 0 Å². The average Bonchev–Trinajstić information content (AvgIpc) is 2.30. The highest BCUT2D eigenvalue weighted by atomic mass is 19.1. The Hall–Kier alpha value is -1.91. The fourth-order valence-electron chi connectivity index (χ4n) is 1.66. The molecule has 110 valence electrons. The molecule has 20 heavy (non-hydrogen) atoms. The number of hydrogen-bond donors (Lipinski definition) is 2. The van der Waals surface area contributed by atoms with Crippen LogP contribution in [0.3, 0.4) is 0 Å². The van der Waals surface area contributed by atoms with Crippen LogP contribution in [0.1, 0.15) is 43.1 Å². The molecule has 0 aliphatic rings. The number of halogens is 1. The largest absolute Gasteiger partial charge is 0.352 e. The molecule has 0 atom stereocenters.